The van der Waals surface area contributed by atoms with Gasteiger partial charge in [-0.2, -0.15) is 0 Å². The second kappa shape index (κ2) is 6.26. The molecule has 3 heterocycles. The fourth-order valence-electron chi connectivity index (χ4n) is 3.72. The number of ether oxygens (including phenoxy) is 3. The van der Waals surface area contributed by atoms with Gasteiger partial charge in [0.1, 0.15) is 41.8 Å². The van der Waals surface area contributed by atoms with Crippen molar-refractivity contribution in [2.24, 2.45) is 0 Å². The minimum Gasteiger partial charge on any atom is -0.497 e. The number of rotatable bonds is 3. The molecule has 0 amide bonds. The highest BCUT2D eigenvalue weighted by Crippen LogP contribution is 2.37. The van der Waals surface area contributed by atoms with Crippen LogP contribution in [0.1, 0.15) is 33.0 Å². The number of fused-ring (bicyclic) bond motifs is 5. The standard InChI is InChI=1S/C19H17N3O6/c1-26-10-4-2-9(3-5-10)20-11-6-12(23)15-16(17(11)25)22-14(21-15)8-27-18-13(24)7-28-19(18)22/h2-6,13,18-20,24H,7-8H2,1H3/t13-,18-,19+/m1/s1. The molecule has 0 bridgehead atoms. The molecule has 1 saturated heterocycles. The molecule has 28 heavy (non-hydrogen) atoms. The largest absolute Gasteiger partial charge is 0.497 e. The smallest absolute Gasteiger partial charge is 0.228 e. The Morgan fingerprint density at radius 2 is 2.04 bits per heavy atom. The van der Waals surface area contributed by atoms with Gasteiger partial charge >= 0.3 is 0 Å². The average molecular weight is 383 g/mol. The van der Waals surface area contributed by atoms with Gasteiger partial charge in [-0.3, -0.25) is 14.2 Å². The first-order chi connectivity index (χ1) is 13.6. The first-order valence-electron chi connectivity index (χ1n) is 8.81. The second-order valence-electron chi connectivity index (χ2n) is 6.77. The maximum Gasteiger partial charge on any atom is 0.228 e. The molecular weight excluding hydrogens is 366 g/mol. The van der Waals surface area contributed by atoms with E-state index >= 15 is 0 Å². The van der Waals surface area contributed by atoms with Crippen LogP contribution in [-0.2, 0) is 16.1 Å². The highest BCUT2D eigenvalue weighted by Gasteiger charge is 2.46. The third kappa shape index (κ3) is 2.48. The van der Waals surface area contributed by atoms with E-state index in [1.54, 1.807) is 35.9 Å². The van der Waals surface area contributed by atoms with Gasteiger partial charge in [0.15, 0.2) is 6.23 Å². The summed E-state index contributed by atoms with van der Waals surface area (Å²) >= 11 is 0. The molecule has 9 nitrogen and oxygen atoms in total. The summed E-state index contributed by atoms with van der Waals surface area (Å²) in [7, 11) is 1.57. The van der Waals surface area contributed by atoms with Gasteiger partial charge < -0.3 is 24.6 Å². The van der Waals surface area contributed by atoms with E-state index in [0.717, 1.165) is 0 Å². The monoisotopic (exact) mass is 383 g/mol. The topological polar surface area (TPSA) is 112 Å². The fraction of sp³-hybridized carbons (Fsp3) is 0.316. The zero-order valence-electron chi connectivity index (χ0n) is 14.9. The molecule has 1 aromatic carbocycles. The summed E-state index contributed by atoms with van der Waals surface area (Å²) in [6.45, 7) is 0.188. The molecule has 2 aliphatic heterocycles. The van der Waals surface area contributed by atoms with E-state index in [0.29, 0.717) is 17.3 Å². The fourth-order valence-corrected chi connectivity index (χ4v) is 3.72. The van der Waals surface area contributed by atoms with Crippen molar-refractivity contribution in [2.45, 2.75) is 25.0 Å². The van der Waals surface area contributed by atoms with E-state index in [-0.39, 0.29) is 41.9 Å². The van der Waals surface area contributed by atoms with Crippen molar-refractivity contribution in [2.75, 3.05) is 19.0 Å². The first-order valence-corrected chi connectivity index (χ1v) is 8.81. The highest BCUT2D eigenvalue weighted by atomic mass is 16.6. The third-order valence-electron chi connectivity index (χ3n) is 5.08. The van der Waals surface area contributed by atoms with Gasteiger partial charge in [-0.15, -0.1) is 0 Å². The number of methoxy groups -OCH3 is 1. The number of allylic oxidation sites excluding steroid dienone is 2. The molecule has 9 heteroatoms. The summed E-state index contributed by atoms with van der Waals surface area (Å²) in [5.41, 5.74) is 1.02. The Morgan fingerprint density at radius 1 is 1.25 bits per heavy atom. The highest BCUT2D eigenvalue weighted by molar-refractivity contribution is 6.24. The third-order valence-corrected chi connectivity index (χ3v) is 5.08. The zero-order chi connectivity index (χ0) is 19.4. The number of anilines is 1. The predicted molar refractivity (Wildman–Crippen MR) is 95.2 cm³/mol. The number of Topliss-reactive ketones (excluding diaryl/α,β-unsaturated/α-hetero) is 1. The minimum atomic E-state index is -0.793. The van der Waals surface area contributed by atoms with Crippen LogP contribution < -0.4 is 10.1 Å². The van der Waals surface area contributed by atoms with Crippen molar-refractivity contribution < 1.29 is 28.9 Å². The summed E-state index contributed by atoms with van der Waals surface area (Å²) < 4.78 is 17.9. The molecule has 0 saturated carbocycles. The second-order valence-corrected chi connectivity index (χ2v) is 6.77. The van der Waals surface area contributed by atoms with Crippen molar-refractivity contribution in [1.29, 1.82) is 0 Å². The van der Waals surface area contributed by atoms with Crippen LogP contribution in [0.15, 0.2) is 36.0 Å². The number of aliphatic hydroxyl groups excluding tert-OH is 1. The first kappa shape index (κ1) is 17.1. The molecule has 0 unspecified atom stereocenters. The molecule has 0 radical (unpaired) electrons. The lowest BCUT2D eigenvalue weighted by atomic mass is 10.0. The number of nitrogens with one attached hydrogen (secondary N) is 1. The number of ketones is 2. The normalized spacial score (nSPS) is 25.6. The molecule has 3 atom stereocenters. The van der Waals surface area contributed by atoms with Crippen molar-refractivity contribution in [3.05, 3.63) is 53.3 Å². The van der Waals surface area contributed by atoms with Gasteiger partial charge in [-0.25, -0.2) is 4.98 Å². The maximum absolute atomic E-state index is 13.2. The SMILES string of the molecule is COc1ccc(NC2=CC(=O)c3nc4n(c3C2=O)[C@H]2OC[C@@H](O)[C@H]2OC4)cc1. The Hall–Kier alpha value is -3.01. The van der Waals surface area contributed by atoms with E-state index < -0.39 is 18.4 Å². The molecule has 1 aromatic heterocycles. The Morgan fingerprint density at radius 3 is 2.79 bits per heavy atom. The van der Waals surface area contributed by atoms with Crippen molar-refractivity contribution in [3.8, 4) is 5.75 Å². The quantitative estimate of drug-likeness (QED) is 0.809. The molecule has 2 N–H and O–H groups in total. The average Bonchev–Trinajstić information content (AvgIpc) is 3.28. The number of hydrogen-bond acceptors (Lipinski definition) is 8. The molecule has 5 rings (SSSR count). The van der Waals surface area contributed by atoms with Crippen LogP contribution in [0.5, 0.6) is 5.75 Å². The van der Waals surface area contributed by atoms with Gasteiger partial charge in [-0.1, -0.05) is 0 Å². The van der Waals surface area contributed by atoms with Crippen LogP contribution in [0.25, 0.3) is 0 Å². The number of aromatic nitrogens is 2. The number of carbonyl (C=O) groups excluding carboxylic acids is 2. The summed E-state index contributed by atoms with van der Waals surface area (Å²) in [4.78, 5) is 30.1. The van der Waals surface area contributed by atoms with Gasteiger partial charge in [-0.05, 0) is 24.3 Å². The number of imidazole rings is 1. The molecule has 1 fully saturated rings. The number of hydrogen-bond donors (Lipinski definition) is 2. The lowest BCUT2D eigenvalue weighted by molar-refractivity contribution is -0.0992. The summed E-state index contributed by atoms with van der Waals surface area (Å²) in [5.74, 6) is 0.374. The summed E-state index contributed by atoms with van der Waals surface area (Å²) in [6.07, 6.45) is -0.834. The van der Waals surface area contributed by atoms with Crippen molar-refractivity contribution in [3.63, 3.8) is 0 Å². The Kier molecular flexibility index (Phi) is 3.83. The van der Waals surface area contributed by atoms with Crippen LogP contribution in [0, 0.1) is 0 Å². The minimum absolute atomic E-state index is 0.0783. The van der Waals surface area contributed by atoms with Crippen LogP contribution in [0.3, 0.4) is 0 Å². The Bertz CT molecular complexity index is 1010. The number of nitrogens with zero attached hydrogens (tertiary/aromatic N) is 2. The molecule has 0 spiro atoms. The van der Waals surface area contributed by atoms with E-state index in [9.17, 15) is 14.7 Å². The zero-order valence-corrected chi connectivity index (χ0v) is 14.9. The van der Waals surface area contributed by atoms with E-state index in [1.807, 2.05) is 0 Å². The lowest BCUT2D eigenvalue weighted by Gasteiger charge is -2.29. The van der Waals surface area contributed by atoms with Crippen LogP contribution in [-0.4, -0.2) is 52.1 Å². The Labute approximate surface area is 159 Å². The van der Waals surface area contributed by atoms with Gasteiger partial charge in [0, 0.05) is 11.8 Å². The van der Waals surface area contributed by atoms with Crippen LogP contribution in [0.4, 0.5) is 5.69 Å². The van der Waals surface area contributed by atoms with Crippen LogP contribution >= 0.6 is 0 Å². The van der Waals surface area contributed by atoms with Gasteiger partial charge in [0.2, 0.25) is 11.6 Å². The molecule has 1 aliphatic carbocycles. The van der Waals surface area contributed by atoms with E-state index in [1.165, 1.54) is 6.08 Å². The Balaban J connectivity index is 1.51. The molecular formula is C19H17N3O6. The lowest BCUT2D eigenvalue weighted by Crippen LogP contribution is -2.38. The summed E-state index contributed by atoms with van der Waals surface area (Å²) in [5, 5.41) is 13.0. The maximum atomic E-state index is 13.2. The van der Waals surface area contributed by atoms with Crippen LogP contribution in [0.2, 0.25) is 0 Å². The predicted octanol–water partition coefficient (Wildman–Crippen LogP) is 1.06. The van der Waals surface area contributed by atoms with Gasteiger partial charge in [0.25, 0.3) is 0 Å². The number of carbonyl (C=O) groups is 2. The van der Waals surface area contributed by atoms with E-state index in [2.05, 4.69) is 10.3 Å². The van der Waals surface area contributed by atoms with E-state index in [4.69, 9.17) is 14.2 Å². The van der Waals surface area contributed by atoms with Crippen molar-refractivity contribution >= 4 is 17.3 Å². The van der Waals surface area contributed by atoms with Gasteiger partial charge in [0.05, 0.1) is 19.4 Å². The molecule has 3 aliphatic rings. The molecule has 144 valence electrons. The number of aliphatic hydroxyl groups is 1. The summed E-state index contributed by atoms with van der Waals surface area (Å²) in [6, 6.07) is 7.00. The molecule has 2 aromatic rings. The number of benzene rings is 1. The van der Waals surface area contributed by atoms with Crippen molar-refractivity contribution in [1.82, 2.24) is 9.55 Å².